The summed E-state index contributed by atoms with van der Waals surface area (Å²) < 4.78 is 11.0. The van der Waals surface area contributed by atoms with Gasteiger partial charge in [-0.3, -0.25) is 4.57 Å². The van der Waals surface area contributed by atoms with Crippen molar-refractivity contribution in [2.75, 3.05) is 6.16 Å². The van der Waals surface area contributed by atoms with Crippen LogP contribution in [0.25, 0.3) is 0 Å². The summed E-state index contributed by atoms with van der Waals surface area (Å²) in [5, 5.41) is 0. The van der Waals surface area contributed by atoms with Crippen molar-refractivity contribution < 1.29 is 14.4 Å². The second kappa shape index (κ2) is 9.82. The zero-order valence-corrected chi connectivity index (χ0v) is 17.1. The van der Waals surface area contributed by atoms with Gasteiger partial charge in [0.1, 0.15) is 0 Å². The average molecular weight is 396 g/mol. The van der Waals surface area contributed by atoms with Crippen LogP contribution in [0.3, 0.4) is 0 Å². The summed E-state index contributed by atoms with van der Waals surface area (Å²) in [6.07, 6.45) is 6.42. The first-order valence-electron chi connectivity index (χ1n) is 9.18. The van der Waals surface area contributed by atoms with E-state index in [-0.39, 0.29) is 6.16 Å². The highest BCUT2D eigenvalue weighted by Gasteiger charge is 2.23. The lowest BCUT2D eigenvalue weighted by atomic mass is 9.94. The highest BCUT2D eigenvalue weighted by Crippen LogP contribution is 2.37. The summed E-state index contributed by atoms with van der Waals surface area (Å²) in [5.41, 5.74) is 7.05. The average Bonchev–Trinajstić information content (AvgIpc) is 3.04. The second-order valence-corrected chi connectivity index (χ2v) is 10.4. The molecule has 26 heavy (non-hydrogen) atoms. The molecule has 0 aliphatic rings. The molecule has 144 valence electrons. The van der Waals surface area contributed by atoms with Gasteiger partial charge in [0.25, 0.3) is 0 Å². The minimum atomic E-state index is -3.97. The largest absolute Gasteiger partial charge is 0.325 e. The molecule has 0 radical (unpaired) electrons. The number of rotatable bonds is 11. The van der Waals surface area contributed by atoms with Crippen molar-refractivity contribution in [3.63, 3.8) is 0 Å². The molecule has 0 saturated heterocycles. The van der Waals surface area contributed by atoms with Gasteiger partial charge in [-0.1, -0.05) is 30.3 Å². The summed E-state index contributed by atoms with van der Waals surface area (Å²) in [6.45, 7) is 1.88. The van der Waals surface area contributed by atoms with Crippen LogP contribution in [-0.2, 0) is 23.8 Å². The van der Waals surface area contributed by atoms with Gasteiger partial charge in [0, 0.05) is 15.3 Å². The lowest BCUT2D eigenvalue weighted by Gasteiger charge is -2.24. The van der Waals surface area contributed by atoms with Gasteiger partial charge in [-0.05, 0) is 69.6 Å². The van der Waals surface area contributed by atoms with Crippen LogP contribution in [0.4, 0.5) is 0 Å². The molecule has 2 aromatic rings. The predicted molar refractivity (Wildman–Crippen MR) is 110 cm³/mol. The summed E-state index contributed by atoms with van der Waals surface area (Å²) in [4.78, 5) is 20.7. The number of benzene rings is 1. The molecule has 4 N–H and O–H groups in total. The van der Waals surface area contributed by atoms with E-state index in [0.29, 0.717) is 6.42 Å². The number of hydrogen-bond acceptors (Lipinski definition) is 3. The maximum atomic E-state index is 11.0. The van der Waals surface area contributed by atoms with Crippen molar-refractivity contribution >= 4 is 18.9 Å². The molecule has 0 aliphatic carbocycles. The summed E-state index contributed by atoms with van der Waals surface area (Å²) in [7, 11) is -3.97. The minimum absolute atomic E-state index is 0.142. The summed E-state index contributed by atoms with van der Waals surface area (Å²) >= 11 is 1.83. The highest BCUT2D eigenvalue weighted by molar-refractivity contribution is 7.51. The molecule has 0 fully saturated rings. The van der Waals surface area contributed by atoms with E-state index in [0.717, 1.165) is 25.7 Å². The Morgan fingerprint density at radius 1 is 0.962 bits per heavy atom. The van der Waals surface area contributed by atoms with Gasteiger partial charge in [-0.2, -0.15) is 0 Å². The summed E-state index contributed by atoms with van der Waals surface area (Å²) in [6, 6.07) is 15.0. The number of thiophene rings is 1. The van der Waals surface area contributed by atoms with Crippen LogP contribution in [0.5, 0.6) is 0 Å². The first-order valence-corrected chi connectivity index (χ1v) is 11.8. The van der Waals surface area contributed by atoms with E-state index in [1.807, 2.05) is 18.3 Å². The molecule has 1 heterocycles. The van der Waals surface area contributed by atoms with Crippen LogP contribution >= 0.6 is 18.9 Å². The fraction of sp³-hybridized carbons (Fsp3) is 0.500. The topological polar surface area (TPSA) is 83.6 Å². The predicted octanol–water partition coefficient (Wildman–Crippen LogP) is 4.53. The molecular formula is C20H30NO3PS. The highest BCUT2D eigenvalue weighted by atomic mass is 32.1. The number of nitrogens with two attached hydrogens (primary N) is 1. The van der Waals surface area contributed by atoms with Crippen LogP contribution in [0.15, 0.2) is 42.5 Å². The van der Waals surface area contributed by atoms with Crippen molar-refractivity contribution in [2.24, 2.45) is 5.73 Å². The van der Waals surface area contributed by atoms with E-state index >= 15 is 0 Å². The summed E-state index contributed by atoms with van der Waals surface area (Å²) in [5.74, 6) is 0. The van der Waals surface area contributed by atoms with Gasteiger partial charge in [0.2, 0.25) is 0 Å². The molecule has 1 aromatic carbocycles. The van der Waals surface area contributed by atoms with Gasteiger partial charge in [0.15, 0.2) is 0 Å². The van der Waals surface area contributed by atoms with E-state index in [1.165, 1.54) is 28.2 Å². The van der Waals surface area contributed by atoms with Gasteiger partial charge < -0.3 is 15.5 Å². The first kappa shape index (κ1) is 21.3. The molecule has 0 saturated carbocycles. The van der Waals surface area contributed by atoms with Crippen LogP contribution in [0.2, 0.25) is 0 Å². The smallest absolute Gasteiger partial charge is 0.325 e. The minimum Gasteiger partial charge on any atom is -0.325 e. The molecule has 0 spiro atoms. The van der Waals surface area contributed by atoms with Gasteiger partial charge in [-0.15, -0.1) is 11.3 Å². The van der Waals surface area contributed by atoms with Crippen LogP contribution in [0.1, 0.15) is 47.9 Å². The standard InChI is InChI=1S/C20H30NO3PS/c1-20(21,15-16-25(22,23)24)14-13-19-12-11-18(26-19)10-6-5-9-17-7-3-2-4-8-17/h2-4,7-8,11-12H,5-6,9-10,13-16,21H2,1H3,(H2,22,23,24). The zero-order valence-electron chi connectivity index (χ0n) is 15.4. The molecule has 6 heteroatoms. The molecule has 0 aliphatic heterocycles. The van der Waals surface area contributed by atoms with E-state index in [4.69, 9.17) is 15.5 Å². The molecule has 1 aromatic heterocycles. The molecule has 1 unspecified atom stereocenters. The van der Waals surface area contributed by atoms with Crippen LogP contribution in [0, 0.1) is 0 Å². The molecule has 4 nitrogen and oxygen atoms in total. The van der Waals surface area contributed by atoms with Crippen molar-refractivity contribution in [3.8, 4) is 0 Å². The third-order valence-electron chi connectivity index (χ3n) is 4.62. The van der Waals surface area contributed by atoms with Crippen LogP contribution in [-0.4, -0.2) is 21.5 Å². The monoisotopic (exact) mass is 395 g/mol. The van der Waals surface area contributed by atoms with Crippen molar-refractivity contribution in [1.29, 1.82) is 0 Å². The maximum absolute atomic E-state index is 11.0. The number of hydrogen-bond donors (Lipinski definition) is 3. The molecule has 0 amide bonds. The number of unbranched alkanes of at least 4 members (excludes halogenated alkanes) is 1. The lowest BCUT2D eigenvalue weighted by molar-refractivity contribution is 0.354. The zero-order chi connectivity index (χ0) is 19.0. The van der Waals surface area contributed by atoms with Crippen molar-refractivity contribution in [2.45, 2.75) is 57.4 Å². The van der Waals surface area contributed by atoms with Gasteiger partial charge in [-0.25, -0.2) is 0 Å². The fourth-order valence-corrected chi connectivity index (χ4v) is 4.76. The number of aryl methyl sites for hydroxylation is 3. The lowest BCUT2D eigenvalue weighted by Crippen LogP contribution is -2.37. The molecule has 2 rings (SSSR count). The van der Waals surface area contributed by atoms with E-state index in [2.05, 4.69) is 42.5 Å². The molecule has 0 bridgehead atoms. The Labute approximate surface area is 160 Å². The van der Waals surface area contributed by atoms with Crippen molar-refractivity contribution in [1.82, 2.24) is 0 Å². The first-order chi connectivity index (χ1) is 12.2. The normalized spacial score (nSPS) is 14.3. The van der Waals surface area contributed by atoms with Gasteiger partial charge >= 0.3 is 7.60 Å². The van der Waals surface area contributed by atoms with Gasteiger partial charge in [0.05, 0.1) is 6.16 Å². The Bertz CT molecular complexity index is 709. The fourth-order valence-electron chi connectivity index (χ4n) is 2.90. The third-order valence-corrected chi connectivity index (χ3v) is 6.63. The quantitative estimate of drug-likeness (QED) is 0.385. The Balaban J connectivity index is 1.69. The molecule has 1 atom stereocenters. The van der Waals surface area contributed by atoms with Crippen LogP contribution < -0.4 is 5.73 Å². The molecular weight excluding hydrogens is 365 g/mol. The van der Waals surface area contributed by atoms with E-state index < -0.39 is 13.1 Å². The Kier molecular flexibility index (Phi) is 8.05. The third kappa shape index (κ3) is 8.61. The van der Waals surface area contributed by atoms with E-state index in [9.17, 15) is 4.57 Å². The van der Waals surface area contributed by atoms with E-state index in [1.54, 1.807) is 0 Å². The second-order valence-electron chi connectivity index (χ2n) is 7.35. The maximum Gasteiger partial charge on any atom is 0.325 e. The Morgan fingerprint density at radius 2 is 1.58 bits per heavy atom. The Morgan fingerprint density at radius 3 is 2.23 bits per heavy atom. The Hall–Kier alpha value is -0.970. The van der Waals surface area contributed by atoms with Crippen molar-refractivity contribution in [3.05, 3.63) is 57.8 Å². The SMILES string of the molecule is CC(N)(CCc1ccc(CCCCc2ccccc2)s1)CCP(=O)(O)O.